The van der Waals surface area contributed by atoms with Gasteiger partial charge in [-0.05, 0) is 25.7 Å². The fourth-order valence-corrected chi connectivity index (χ4v) is 4.87. The van der Waals surface area contributed by atoms with E-state index in [1.807, 2.05) is 6.92 Å². The largest absolute Gasteiger partial charge is 1.00 e. The molecule has 0 aromatic rings. The molecule has 0 aliphatic rings. The van der Waals surface area contributed by atoms with E-state index in [1.165, 1.54) is 57.8 Å². The van der Waals surface area contributed by atoms with Gasteiger partial charge in [0.05, 0.1) is 16.2 Å². The Labute approximate surface area is 230 Å². The number of hydrogen-bond donors (Lipinski definition) is 1. The Hall–Kier alpha value is 1.51. The summed E-state index contributed by atoms with van der Waals surface area (Å²) in [5.41, 5.74) is 0. The zero-order valence-electron chi connectivity index (χ0n) is 20.4. The van der Waals surface area contributed by atoms with Gasteiger partial charge in [-0.15, -0.1) is 0 Å². The second-order valence-electron chi connectivity index (χ2n) is 8.85. The van der Waals surface area contributed by atoms with Gasteiger partial charge in [0, 0.05) is 5.25 Å². The first-order chi connectivity index (χ1) is 13.9. The van der Waals surface area contributed by atoms with Crippen LogP contribution in [0.1, 0.15) is 142 Å². The first-order valence-corrected chi connectivity index (χ1v) is 14.0. The number of aliphatic hydroxyl groups is 1. The molecule has 0 rings (SSSR count). The van der Waals surface area contributed by atoms with Gasteiger partial charge in [0.25, 0.3) is 0 Å². The van der Waals surface area contributed by atoms with Gasteiger partial charge in [-0.25, -0.2) is 8.42 Å². The molecule has 176 valence electrons. The summed E-state index contributed by atoms with van der Waals surface area (Å²) in [6.45, 7) is 4.19. The van der Waals surface area contributed by atoms with Crippen molar-refractivity contribution < 1.29 is 69.5 Å². The molecule has 30 heavy (non-hydrogen) atoms. The van der Waals surface area contributed by atoms with Crippen LogP contribution in [0.4, 0.5) is 0 Å². The van der Waals surface area contributed by atoms with Crippen LogP contribution >= 0.6 is 0 Å². The van der Waals surface area contributed by atoms with E-state index < -0.39 is 15.4 Å². The van der Waals surface area contributed by atoms with Crippen molar-refractivity contribution in [3.05, 3.63) is 0 Å². The van der Waals surface area contributed by atoms with Crippen LogP contribution in [-0.4, -0.2) is 29.4 Å². The average molecular weight is 473 g/mol. The van der Waals surface area contributed by atoms with E-state index in [-0.39, 0.29) is 57.5 Å². The van der Waals surface area contributed by atoms with E-state index in [2.05, 4.69) is 6.92 Å². The Morgan fingerprint density at radius 3 is 1.30 bits per heavy atom. The van der Waals surface area contributed by atoms with Crippen LogP contribution in [0.5, 0.6) is 0 Å². The first-order valence-electron chi connectivity index (χ1n) is 12.5. The van der Waals surface area contributed by atoms with E-state index in [1.54, 1.807) is 0 Å². The average Bonchev–Trinajstić information content (AvgIpc) is 2.68. The van der Waals surface area contributed by atoms with Crippen molar-refractivity contribution in [1.82, 2.24) is 0 Å². The van der Waals surface area contributed by atoms with Crippen molar-refractivity contribution in [3.63, 3.8) is 0 Å². The SMILES string of the molecule is CCCCCCCC(CCCCCCCCCCCCCC(O)CC)S(=O)(=O)[O-].[K+]. The van der Waals surface area contributed by atoms with E-state index in [0.717, 1.165) is 57.8 Å². The van der Waals surface area contributed by atoms with Crippen LogP contribution in [-0.2, 0) is 10.1 Å². The van der Waals surface area contributed by atoms with Gasteiger partial charge in [0.2, 0.25) is 0 Å². The molecule has 2 atom stereocenters. The van der Waals surface area contributed by atoms with Gasteiger partial charge >= 0.3 is 51.4 Å². The summed E-state index contributed by atoms with van der Waals surface area (Å²) in [7, 11) is -4.14. The Bertz CT molecular complexity index is 442. The predicted molar refractivity (Wildman–Crippen MR) is 123 cm³/mol. The van der Waals surface area contributed by atoms with Crippen molar-refractivity contribution >= 4 is 10.1 Å². The number of hydrogen-bond acceptors (Lipinski definition) is 4. The molecule has 0 aliphatic heterocycles. The molecule has 0 saturated carbocycles. The maximum absolute atomic E-state index is 11.5. The Morgan fingerprint density at radius 2 is 0.967 bits per heavy atom. The topological polar surface area (TPSA) is 77.4 Å². The Morgan fingerprint density at radius 1 is 0.633 bits per heavy atom. The molecule has 0 aromatic heterocycles. The molecule has 6 heteroatoms. The Kier molecular flexibility index (Phi) is 26.6. The van der Waals surface area contributed by atoms with Crippen LogP contribution in [0, 0.1) is 0 Å². The predicted octanol–water partition coefficient (Wildman–Crippen LogP) is 4.11. The molecule has 0 heterocycles. The number of unbranched alkanes of at least 4 members (excludes halogenated alkanes) is 14. The fourth-order valence-electron chi connectivity index (χ4n) is 3.96. The quantitative estimate of drug-likeness (QED) is 0.146. The van der Waals surface area contributed by atoms with Gasteiger partial charge in [0.1, 0.15) is 0 Å². The third-order valence-electron chi connectivity index (χ3n) is 6.07. The molecular formula is C24H49KO4S. The van der Waals surface area contributed by atoms with Crippen molar-refractivity contribution in [2.45, 2.75) is 154 Å². The van der Waals surface area contributed by atoms with Gasteiger partial charge in [-0.1, -0.05) is 117 Å². The molecule has 0 radical (unpaired) electrons. The van der Waals surface area contributed by atoms with Crippen LogP contribution in [0.25, 0.3) is 0 Å². The Balaban J connectivity index is 0. The smallest absolute Gasteiger partial charge is 0.748 e. The first kappa shape index (κ1) is 33.7. The molecular weight excluding hydrogens is 423 g/mol. The summed E-state index contributed by atoms with van der Waals surface area (Å²) < 4.78 is 34.4. The summed E-state index contributed by atoms with van der Waals surface area (Å²) >= 11 is 0. The molecule has 0 saturated heterocycles. The zero-order chi connectivity index (χ0) is 21.8. The van der Waals surface area contributed by atoms with Gasteiger partial charge < -0.3 is 9.66 Å². The van der Waals surface area contributed by atoms with Crippen LogP contribution in [0.15, 0.2) is 0 Å². The van der Waals surface area contributed by atoms with Crippen molar-refractivity contribution in [3.8, 4) is 0 Å². The molecule has 0 fully saturated rings. The van der Waals surface area contributed by atoms with E-state index >= 15 is 0 Å². The molecule has 0 bridgehead atoms. The third kappa shape index (κ3) is 22.7. The molecule has 0 amide bonds. The van der Waals surface area contributed by atoms with Crippen LogP contribution in [0.2, 0.25) is 0 Å². The van der Waals surface area contributed by atoms with Gasteiger partial charge in [-0.2, -0.15) is 0 Å². The maximum atomic E-state index is 11.5. The van der Waals surface area contributed by atoms with Crippen LogP contribution in [0.3, 0.4) is 0 Å². The van der Waals surface area contributed by atoms with Crippen molar-refractivity contribution in [2.75, 3.05) is 0 Å². The molecule has 0 aromatic carbocycles. The third-order valence-corrected chi connectivity index (χ3v) is 7.36. The van der Waals surface area contributed by atoms with Gasteiger partial charge in [-0.3, -0.25) is 0 Å². The van der Waals surface area contributed by atoms with Crippen LogP contribution < -0.4 is 51.4 Å². The van der Waals surface area contributed by atoms with Crippen molar-refractivity contribution in [2.24, 2.45) is 0 Å². The summed E-state index contributed by atoms with van der Waals surface area (Å²) in [4.78, 5) is 0. The minimum absolute atomic E-state index is 0. The zero-order valence-corrected chi connectivity index (χ0v) is 24.3. The molecule has 4 nitrogen and oxygen atoms in total. The fraction of sp³-hybridized carbons (Fsp3) is 1.00. The molecule has 1 N–H and O–H groups in total. The number of aliphatic hydroxyl groups excluding tert-OH is 1. The summed E-state index contributed by atoms with van der Waals surface area (Å²) in [5, 5.41) is 8.85. The van der Waals surface area contributed by atoms with Crippen molar-refractivity contribution in [1.29, 1.82) is 0 Å². The maximum Gasteiger partial charge on any atom is 1.00 e. The summed E-state index contributed by atoms with van der Waals surface area (Å²) in [6.07, 6.45) is 21.3. The normalized spacial score (nSPS) is 13.7. The molecule has 0 spiro atoms. The minimum atomic E-state index is -4.14. The second kappa shape index (κ2) is 23.7. The van der Waals surface area contributed by atoms with E-state index in [9.17, 15) is 18.1 Å². The summed E-state index contributed by atoms with van der Waals surface area (Å²) in [6, 6.07) is 0. The number of rotatable bonds is 22. The monoisotopic (exact) mass is 472 g/mol. The minimum Gasteiger partial charge on any atom is -0.748 e. The standard InChI is InChI=1S/C24H50O4S.K/c1-3-5-6-14-18-21-24(29(26,27)28)22-19-16-13-11-9-7-8-10-12-15-17-20-23(25)4-2;/h23-25H,3-22H2,1-2H3,(H,26,27,28);/q;+1/p-1. The molecule has 0 aliphatic carbocycles. The van der Waals surface area contributed by atoms with E-state index in [0.29, 0.717) is 12.8 Å². The second-order valence-corrected chi connectivity index (χ2v) is 10.5. The molecule has 2 unspecified atom stereocenters. The summed E-state index contributed by atoms with van der Waals surface area (Å²) in [5.74, 6) is 0. The van der Waals surface area contributed by atoms with E-state index in [4.69, 9.17) is 0 Å². The van der Waals surface area contributed by atoms with Gasteiger partial charge in [0.15, 0.2) is 0 Å².